The minimum Gasteiger partial charge on any atom is -0.330 e. The Labute approximate surface area is 119 Å². The normalized spacial score (nSPS) is 18.0. The summed E-state index contributed by atoms with van der Waals surface area (Å²) in [7, 11) is -3.56. The van der Waals surface area contributed by atoms with Gasteiger partial charge in [0.15, 0.2) is 0 Å². The fourth-order valence-corrected chi connectivity index (χ4v) is 3.66. The zero-order valence-corrected chi connectivity index (χ0v) is 12.1. The summed E-state index contributed by atoms with van der Waals surface area (Å²) < 4.78 is 39.0. The molecule has 0 bridgehead atoms. The smallest absolute Gasteiger partial charge is 0.243 e. The monoisotopic (exact) mass is 308 g/mol. The molecule has 0 saturated carbocycles. The van der Waals surface area contributed by atoms with E-state index in [1.807, 2.05) is 0 Å². The van der Waals surface area contributed by atoms with Gasteiger partial charge in [-0.15, -0.1) is 12.4 Å². The summed E-state index contributed by atoms with van der Waals surface area (Å²) in [6.07, 6.45) is 1.54. The van der Waals surface area contributed by atoms with E-state index in [1.165, 1.54) is 22.5 Å². The van der Waals surface area contributed by atoms with Gasteiger partial charge < -0.3 is 5.73 Å². The maximum atomic E-state index is 13.1. The summed E-state index contributed by atoms with van der Waals surface area (Å²) in [5, 5.41) is 0. The molecular formula is C12H18ClFN2O2S. The Bertz CT molecular complexity index is 516. The Morgan fingerprint density at radius 2 is 1.95 bits per heavy atom. The molecule has 1 aliphatic rings. The van der Waals surface area contributed by atoms with Gasteiger partial charge in [0, 0.05) is 13.1 Å². The molecule has 0 amide bonds. The summed E-state index contributed by atoms with van der Waals surface area (Å²) in [5.74, 6) is -0.142. The lowest BCUT2D eigenvalue weighted by molar-refractivity contribution is 0.278. The van der Waals surface area contributed by atoms with E-state index in [2.05, 4.69) is 0 Å². The standard InChI is InChI=1S/C12H17FN2O2S.ClH/c13-11-2-1-3-12(8-11)18(16,17)15-6-4-10(9-14)5-7-15;/h1-3,8,10H,4-7,9,14H2;1H. The van der Waals surface area contributed by atoms with E-state index in [1.54, 1.807) is 0 Å². The van der Waals surface area contributed by atoms with Crippen LogP contribution in [0.2, 0.25) is 0 Å². The van der Waals surface area contributed by atoms with Crippen LogP contribution in [0.1, 0.15) is 12.8 Å². The van der Waals surface area contributed by atoms with Crippen LogP contribution >= 0.6 is 12.4 Å². The van der Waals surface area contributed by atoms with E-state index in [0.717, 1.165) is 18.9 Å². The molecule has 108 valence electrons. The van der Waals surface area contributed by atoms with E-state index >= 15 is 0 Å². The highest BCUT2D eigenvalue weighted by Crippen LogP contribution is 2.23. The maximum absolute atomic E-state index is 13.1. The quantitative estimate of drug-likeness (QED) is 0.922. The fourth-order valence-electron chi connectivity index (χ4n) is 2.16. The van der Waals surface area contributed by atoms with Crippen molar-refractivity contribution in [1.82, 2.24) is 4.31 Å². The van der Waals surface area contributed by atoms with Gasteiger partial charge in [0.1, 0.15) is 5.82 Å². The SMILES string of the molecule is Cl.NCC1CCN(S(=O)(=O)c2cccc(F)c2)CC1. The summed E-state index contributed by atoms with van der Waals surface area (Å²) in [6, 6.07) is 5.13. The van der Waals surface area contributed by atoms with Crippen LogP contribution in [-0.2, 0) is 10.0 Å². The molecule has 1 aliphatic heterocycles. The first-order valence-electron chi connectivity index (χ1n) is 6.00. The first kappa shape index (κ1) is 16.4. The Kier molecular flexibility index (Phi) is 5.73. The van der Waals surface area contributed by atoms with E-state index in [9.17, 15) is 12.8 Å². The highest BCUT2D eigenvalue weighted by Gasteiger charge is 2.28. The van der Waals surface area contributed by atoms with Gasteiger partial charge in [-0.05, 0) is 43.5 Å². The summed E-state index contributed by atoms with van der Waals surface area (Å²) in [5.41, 5.74) is 5.57. The topological polar surface area (TPSA) is 63.4 Å². The number of hydrogen-bond donors (Lipinski definition) is 1. The summed E-state index contributed by atoms with van der Waals surface area (Å²) >= 11 is 0. The average Bonchev–Trinajstić information content (AvgIpc) is 2.39. The van der Waals surface area contributed by atoms with Gasteiger partial charge in [0.2, 0.25) is 10.0 Å². The van der Waals surface area contributed by atoms with E-state index in [4.69, 9.17) is 5.73 Å². The summed E-state index contributed by atoms with van der Waals surface area (Å²) in [4.78, 5) is 0.0219. The Balaban J connectivity index is 0.00000180. The molecule has 4 nitrogen and oxygen atoms in total. The lowest BCUT2D eigenvalue weighted by Gasteiger charge is -2.30. The third kappa shape index (κ3) is 3.66. The highest BCUT2D eigenvalue weighted by molar-refractivity contribution is 7.89. The van der Waals surface area contributed by atoms with Crippen molar-refractivity contribution in [3.63, 3.8) is 0 Å². The molecule has 1 saturated heterocycles. The van der Waals surface area contributed by atoms with Crippen LogP contribution < -0.4 is 5.73 Å². The van der Waals surface area contributed by atoms with E-state index in [-0.39, 0.29) is 17.3 Å². The van der Waals surface area contributed by atoms with Crippen molar-refractivity contribution >= 4 is 22.4 Å². The number of hydrogen-bond acceptors (Lipinski definition) is 3. The first-order valence-corrected chi connectivity index (χ1v) is 7.44. The van der Waals surface area contributed by atoms with Crippen LogP contribution in [0.4, 0.5) is 4.39 Å². The number of sulfonamides is 1. The van der Waals surface area contributed by atoms with Gasteiger partial charge in [0.25, 0.3) is 0 Å². The van der Waals surface area contributed by atoms with Crippen LogP contribution in [0.5, 0.6) is 0 Å². The molecule has 0 atom stereocenters. The number of rotatable bonds is 3. The Hall–Kier alpha value is -0.690. The molecule has 0 aromatic heterocycles. The number of nitrogens with two attached hydrogens (primary N) is 1. The molecule has 0 radical (unpaired) electrons. The third-order valence-electron chi connectivity index (χ3n) is 3.34. The molecule has 19 heavy (non-hydrogen) atoms. The highest BCUT2D eigenvalue weighted by atomic mass is 35.5. The maximum Gasteiger partial charge on any atom is 0.243 e. The molecule has 2 rings (SSSR count). The zero-order chi connectivity index (χ0) is 13.2. The largest absolute Gasteiger partial charge is 0.330 e. The van der Waals surface area contributed by atoms with Crippen molar-refractivity contribution in [1.29, 1.82) is 0 Å². The van der Waals surface area contributed by atoms with Crippen LogP contribution in [0, 0.1) is 11.7 Å². The second-order valence-corrected chi connectivity index (χ2v) is 6.48. The first-order chi connectivity index (χ1) is 8.54. The zero-order valence-electron chi connectivity index (χ0n) is 10.5. The average molecular weight is 309 g/mol. The number of piperidine rings is 1. The van der Waals surface area contributed by atoms with Crippen molar-refractivity contribution in [2.75, 3.05) is 19.6 Å². The second-order valence-electron chi connectivity index (χ2n) is 4.54. The van der Waals surface area contributed by atoms with Crippen LogP contribution in [0.15, 0.2) is 29.2 Å². The van der Waals surface area contributed by atoms with E-state index < -0.39 is 15.8 Å². The van der Waals surface area contributed by atoms with Crippen molar-refractivity contribution in [3.8, 4) is 0 Å². The lowest BCUT2D eigenvalue weighted by Crippen LogP contribution is -2.40. The molecule has 1 aromatic carbocycles. The molecule has 1 heterocycles. The fraction of sp³-hybridized carbons (Fsp3) is 0.500. The predicted octanol–water partition coefficient (Wildman–Crippen LogP) is 1.61. The molecule has 1 fully saturated rings. The van der Waals surface area contributed by atoms with Gasteiger partial charge in [-0.25, -0.2) is 12.8 Å². The molecule has 0 aliphatic carbocycles. The molecule has 0 unspecified atom stereocenters. The Morgan fingerprint density at radius 3 is 2.47 bits per heavy atom. The molecule has 0 spiro atoms. The number of halogens is 2. The van der Waals surface area contributed by atoms with Gasteiger partial charge in [-0.1, -0.05) is 6.07 Å². The van der Waals surface area contributed by atoms with Crippen molar-refractivity contribution in [3.05, 3.63) is 30.1 Å². The minimum absolute atomic E-state index is 0. The van der Waals surface area contributed by atoms with Gasteiger partial charge in [-0.3, -0.25) is 0 Å². The second kappa shape index (κ2) is 6.65. The molecule has 7 heteroatoms. The van der Waals surface area contributed by atoms with Crippen LogP contribution in [0.3, 0.4) is 0 Å². The van der Waals surface area contributed by atoms with Crippen molar-refractivity contribution in [2.24, 2.45) is 11.7 Å². The van der Waals surface area contributed by atoms with Crippen molar-refractivity contribution < 1.29 is 12.8 Å². The number of nitrogens with zero attached hydrogens (tertiary/aromatic N) is 1. The van der Waals surface area contributed by atoms with Gasteiger partial charge >= 0.3 is 0 Å². The number of benzene rings is 1. The lowest BCUT2D eigenvalue weighted by atomic mass is 9.99. The van der Waals surface area contributed by atoms with Gasteiger partial charge in [-0.2, -0.15) is 4.31 Å². The van der Waals surface area contributed by atoms with Gasteiger partial charge in [0.05, 0.1) is 4.90 Å². The Morgan fingerprint density at radius 1 is 1.32 bits per heavy atom. The molecular weight excluding hydrogens is 291 g/mol. The van der Waals surface area contributed by atoms with Crippen molar-refractivity contribution in [2.45, 2.75) is 17.7 Å². The predicted molar refractivity (Wildman–Crippen MR) is 74.2 cm³/mol. The third-order valence-corrected chi connectivity index (χ3v) is 5.24. The van der Waals surface area contributed by atoms with Crippen LogP contribution in [-0.4, -0.2) is 32.4 Å². The molecule has 2 N–H and O–H groups in total. The van der Waals surface area contributed by atoms with E-state index in [0.29, 0.717) is 25.6 Å². The summed E-state index contributed by atoms with van der Waals surface area (Å²) in [6.45, 7) is 1.51. The minimum atomic E-state index is -3.56. The molecule has 1 aromatic rings. The van der Waals surface area contributed by atoms with Crippen LogP contribution in [0.25, 0.3) is 0 Å².